The maximum atomic E-state index is 13.2. The molecule has 5 heteroatoms. The van der Waals surface area contributed by atoms with Gasteiger partial charge >= 0.3 is 0 Å². The zero-order valence-corrected chi connectivity index (χ0v) is 15.8. The first-order chi connectivity index (χ1) is 12.6. The van der Waals surface area contributed by atoms with E-state index in [1.807, 2.05) is 54.3 Å². The minimum Gasteiger partial charge on any atom is -0.493 e. The quantitative estimate of drug-likeness (QED) is 0.832. The van der Waals surface area contributed by atoms with Gasteiger partial charge in [-0.05, 0) is 50.1 Å². The molecule has 0 radical (unpaired) electrons. The third-order valence-corrected chi connectivity index (χ3v) is 4.83. The fraction of sp³-hybridized carbons (Fsp3) is 0.381. The molecule has 0 bridgehead atoms. The second-order valence-corrected chi connectivity index (χ2v) is 6.41. The summed E-state index contributed by atoms with van der Waals surface area (Å²) in [5.41, 5.74) is 2.53. The number of carbonyl (C=O) groups excluding carboxylic acids is 1. The normalized spacial score (nSPS) is 17.3. The highest BCUT2D eigenvalue weighted by atomic mass is 16.5. The molecular weight excluding hydrogens is 328 g/mol. The molecule has 2 aromatic carbocycles. The maximum Gasteiger partial charge on any atom is 0.258 e. The number of amides is 1. The van der Waals surface area contributed by atoms with Crippen LogP contribution in [0, 0.1) is 0 Å². The molecule has 5 nitrogen and oxygen atoms in total. The van der Waals surface area contributed by atoms with Crippen LogP contribution in [-0.2, 0) is 0 Å². The number of hydrogen-bond donors (Lipinski definition) is 1. The third-order valence-electron chi connectivity index (χ3n) is 4.83. The summed E-state index contributed by atoms with van der Waals surface area (Å²) in [5, 5.41) is 3.52. The van der Waals surface area contributed by atoms with E-state index in [0.717, 1.165) is 17.7 Å². The number of rotatable bonds is 6. The highest BCUT2D eigenvalue weighted by Crippen LogP contribution is 2.38. The van der Waals surface area contributed by atoms with Crippen molar-refractivity contribution in [1.29, 1.82) is 0 Å². The first kappa shape index (κ1) is 18.1. The van der Waals surface area contributed by atoms with Gasteiger partial charge in [0.05, 0.1) is 19.3 Å². The molecule has 0 aliphatic carbocycles. The summed E-state index contributed by atoms with van der Waals surface area (Å²) < 4.78 is 11.1. The van der Waals surface area contributed by atoms with Crippen molar-refractivity contribution in [3.8, 4) is 11.5 Å². The van der Waals surface area contributed by atoms with Crippen LogP contribution in [0.2, 0.25) is 0 Å². The summed E-state index contributed by atoms with van der Waals surface area (Å²) in [6.07, 6.45) is 0.622. The van der Waals surface area contributed by atoms with Crippen LogP contribution in [0.15, 0.2) is 42.5 Å². The van der Waals surface area contributed by atoms with Crippen LogP contribution in [-0.4, -0.2) is 30.6 Å². The molecule has 1 heterocycles. The summed E-state index contributed by atoms with van der Waals surface area (Å²) in [7, 11) is 1.63. The minimum absolute atomic E-state index is 0.0477. The van der Waals surface area contributed by atoms with Crippen LogP contribution in [0.1, 0.15) is 49.3 Å². The van der Waals surface area contributed by atoms with Crippen LogP contribution in [0.3, 0.4) is 0 Å². The van der Waals surface area contributed by atoms with Crippen molar-refractivity contribution < 1.29 is 14.3 Å². The van der Waals surface area contributed by atoms with Crippen molar-refractivity contribution in [2.24, 2.45) is 0 Å². The summed E-state index contributed by atoms with van der Waals surface area (Å²) in [4.78, 5) is 15.1. The molecule has 1 amide bonds. The zero-order chi connectivity index (χ0) is 18.7. The fourth-order valence-electron chi connectivity index (χ4n) is 3.29. The Morgan fingerprint density at radius 3 is 2.62 bits per heavy atom. The summed E-state index contributed by atoms with van der Waals surface area (Å²) in [6, 6.07) is 13.6. The Balaban J connectivity index is 2.05. The van der Waals surface area contributed by atoms with Gasteiger partial charge in [0.1, 0.15) is 6.17 Å². The summed E-state index contributed by atoms with van der Waals surface area (Å²) in [5.74, 6) is 1.42. The molecule has 0 aromatic heterocycles. The van der Waals surface area contributed by atoms with E-state index in [0.29, 0.717) is 23.7 Å². The lowest BCUT2D eigenvalue weighted by atomic mass is 10.0. The minimum atomic E-state index is -0.253. The SMILES string of the molecule is CCOc1ccc([C@@H]2Nc3ccccc3C(=O)N2[C@H](C)CC)cc1OC. The Bertz CT molecular complexity index is 791. The van der Waals surface area contributed by atoms with Crippen LogP contribution in [0.4, 0.5) is 5.69 Å². The topological polar surface area (TPSA) is 50.8 Å². The van der Waals surface area contributed by atoms with E-state index < -0.39 is 0 Å². The Morgan fingerprint density at radius 2 is 1.92 bits per heavy atom. The Labute approximate surface area is 154 Å². The molecule has 0 unspecified atom stereocenters. The molecule has 2 atom stereocenters. The van der Waals surface area contributed by atoms with Crippen molar-refractivity contribution in [3.63, 3.8) is 0 Å². The standard InChI is InChI=1S/C21H26N2O3/c1-5-14(3)23-20(22-17-10-8-7-9-16(17)21(23)24)15-11-12-18(26-6-2)19(13-15)25-4/h7-14,20,22H,5-6H2,1-4H3/t14-,20-/m1/s1. The van der Waals surface area contributed by atoms with Crippen molar-refractivity contribution in [2.45, 2.75) is 39.4 Å². The van der Waals surface area contributed by atoms with Gasteiger partial charge in [0.25, 0.3) is 5.91 Å². The number of para-hydroxylation sites is 1. The number of nitrogens with one attached hydrogen (secondary N) is 1. The van der Waals surface area contributed by atoms with E-state index in [9.17, 15) is 4.79 Å². The molecule has 138 valence electrons. The summed E-state index contributed by atoms with van der Waals surface area (Å²) >= 11 is 0. The molecule has 1 aliphatic heterocycles. The molecule has 0 saturated carbocycles. The fourth-order valence-corrected chi connectivity index (χ4v) is 3.29. The number of ether oxygens (including phenoxy) is 2. The van der Waals surface area contributed by atoms with Gasteiger partial charge in [-0.3, -0.25) is 4.79 Å². The van der Waals surface area contributed by atoms with Crippen molar-refractivity contribution >= 4 is 11.6 Å². The van der Waals surface area contributed by atoms with E-state index in [2.05, 4.69) is 19.2 Å². The number of fused-ring (bicyclic) bond motifs is 1. The number of nitrogens with zero attached hydrogens (tertiary/aromatic N) is 1. The molecule has 0 spiro atoms. The van der Waals surface area contributed by atoms with Crippen molar-refractivity contribution in [3.05, 3.63) is 53.6 Å². The lowest BCUT2D eigenvalue weighted by Gasteiger charge is -2.41. The number of benzene rings is 2. The number of methoxy groups -OCH3 is 1. The van der Waals surface area contributed by atoms with E-state index in [1.54, 1.807) is 7.11 Å². The molecule has 3 rings (SSSR count). The zero-order valence-electron chi connectivity index (χ0n) is 15.8. The van der Waals surface area contributed by atoms with Crippen LogP contribution >= 0.6 is 0 Å². The van der Waals surface area contributed by atoms with Crippen LogP contribution in [0.25, 0.3) is 0 Å². The predicted octanol–water partition coefficient (Wildman–Crippen LogP) is 4.46. The molecule has 1 N–H and O–H groups in total. The second kappa shape index (κ2) is 7.68. The van der Waals surface area contributed by atoms with Crippen LogP contribution < -0.4 is 14.8 Å². The van der Waals surface area contributed by atoms with E-state index in [4.69, 9.17) is 9.47 Å². The molecular formula is C21H26N2O3. The number of anilines is 1. The first-order valence-electron chi connectivity index (χ1n) is 9.09. The van der Waals surface area contributed by atoms with Gasteiger partial charge in [-0.2, -0.15) is 0 Å². The van der Waals surface area contributed by atoms with Crippen molar-refractivity contribution in [1.82, 2.24) is 4.90 Å². The number of hydrogen-bond acceptors (Lipinski definition) is 4. The van der Waals surface area contributed by atoms with Crippen LogP contribution in [0.5, 0.6) is 11.5 Å². The predicted molar refractivity (Wildman–Crippen MR) is 103 cm³/mol. The van der Waals surface area contributed by atoms with Crippen molar-refractivity contribution in [2.75, 3.05) is 19.0 Å². The molecule has 0 fully saturated rings. The van der Waals surface area contributed by atoms with E-state index in [-0.39, 0.29) is 18.1 Å². The molecule has 1 aliphatic rings. The maximum absolute atomic E-state index is 13.2. The molecule has 0 saturated heterocycles. The van der Waals surface area contributed by atoms with Gasteiger partial charge in [0.15, 0.2) is 11.5 Å². The first-order valence-corrected chi connectivity index (χ1v) is 9.09. The Morgan fingerprint density at radius 1 is 1.15 bits per heavy atom. The van der Waals surface area contributed by atoms with E-state index >= 15 is 0 Å². The molecule has 26 heavy (non-hydrogen) atoms. The average Bonchev–Trinajstić information content (AvgIpc) is 2.68. The second-order valence-electron chi connectivity index (χ2n) is 6.41. The highest BCUT2D eigenvalue weighted by Gasteiger charge is 2.35. The van der Waals surface area contributed by atoms with Gasteiger partial charge < -0.3 is 19.7 Å². The van der Waals surface area contributed by atoms with Gasteiger partial charge in [-0.25, -0.2) is 0 Å². The van der Waals surface area contributed by atoms with Gasteiger partial charge in [0.2, 0.25) is 0 Å². The van der Waals surface area contributed by atoms with Gasteiger partial charge in [-0.1, -0.05) is 25.1 Å². The average molecular weight is 354 g/mol. The Hall–Kier alpha value is -2.69. The largest absolute Gasteiger partial charge is 0.493 e. The summed E-state index contributed by atoms with van der Waals surface area (Å²) in [6.45, 7) is 6.68. The lowest BCUT2D eigenvalue weighted by Crippen LogP contribution is -2.47. The van der Waals surface area contributed by atoms with Gasteiger partial charge in [0, 0.05) is 11.7 Å². The van der Waals surface area contributed by atoms with Gasteiger partial charge in [-0.15, -0.1) is 0 Å². The highest BCUT2D eigenvalue weighted by molar-refractivity contribution is 6.01. The third kappa shape index (κ3) is 3.21. The monoisotopic (exact) mass is 354 g/mol. The number of carbonyl (C=O) groups is 1. The molecule has 2 aromatic rings. The Kier molecular flexibility index (Phi) is 5.35. The van der Waals surface area contributed by atoms with E-state index in [1.165, 1.54) is 0 Å². The smallest absolute Gasteiger partial charge is 0.258 e. The lowest BCUT2D eigenvalue weighted by molar-refractivity contribution is 0.0593.